The summed E-state index contributed by atoms with van der Waals surface area (Å²) in [6.07, 6.45) is -0.126. The van der Waals surface area contributed by atoms with E-state index < -0.39 is 8.24 Å². The number of carbonyl (C=O) groups is 1. The quantitative estimate of drug-likeness (QED) is 0.539. The first-order valence-electron chi connectivity index (χ1n) is 3.46. The van der Waals surface area contributed by atoms with Crippen molar-refractivity contribution in [3.05, 3.63) is 0 Å². The van der Waals surface area contributed by atoms with Crippen LogP contribution in [-0.2, 0) is 4.74 Å². The minimum Gasteiger partial charge on any atom is -0.448 e. The highest BCUT2D eigenvalue weighted by molar-refractivity contribution is 6.75. The highest BCUT2D eigenvalue weighted by Crippen LogP contribution is 2.14. The van der Waals surface area contributed by atoms with Crippen LogP contribution in [-0.4, -0.2) is 32.0 Å². The lowest BCUT2D eigenvalue weighted by atomic mass is 10.7. The van der Waals surface area contributed by atoms with E-state index in [4.69, 9.17) is 4.74 Å². The monoisotopic (exact) mass is 159 g/mol. The molecule has 0 saturated carbocycles. The fourth-order valence-electron chi connectivity index (χ4n) is 1.00. The maximum absolute atomic E-state index is 11.0. The zero-order chi connectivity index (χ0) is 7.78. The van der Waals surface area contributed by atoms with Crippen molar-refractivity contribution in [3.63, 3.8) is 0 Å². The Labute approximate surface area is 62.1 Å². The molecule has 3 nitrogen and oxygen atoms in total. The van der Waals surface area contributed by atoms with Crippen molar-refractivity contribution in [2.45, 2.75) is 19.6 Å². The smallest absolute Gasteiger partial charge is 0.401 e. The first kappa shape index (κ1) is 7.59. The standard InChI is InChI=1S/C6H13NO2Si/c1-10(2,3)7-4-5-9-6(7)8/h4-5H2,1-3H3. The van der Waals surface area contributed by atoms with Crippen LogP contribution in [0.5, 0.6) is 0 Å². The summed E-state index contributed by atoms with van der Waals surface area (Å²) in [7, 11) is -1.43. The summed E-state index contributed by atoms with van der Waals surface area (Å²) in [5.74, 6) is 0. The van der Waals surface area contributed by atoms with Crippen LogP contribution in [0, 0.1) is 0 Å². The van der Waals surface area contributed by atoms with E-state index in [-0.39, 0.29) is 6.09 Å². The summed E-state index contributed by atoms with van der Waals surface area (Å²) in [6.45, 7) is 7.77. The number of rotatable bonds is 1. The molecule has 0 atom stereocenters. The van der Waals surface area contributed by atoms with Crippen molar-refractivity contribution >= 4 is 14.3 Å². The number of nitrogens with zero attached hydrogens (tertiary/aromatic N) is 1. The lowest BCUT2D eigenvalue weighted by molar-refractivity contribution is 0.169. The number of cyclic esters (lactones) is 1. The van der Waals surface area contributed by atoms with Crippen LogP contribution in [0.25, 0.3) is 0 Å². The number of hydrogen-bond donors (Lipinski definition) is 0. The van der Waals surface area contributed by atoms with E-state index in [2.05, 4.69) is 19.6 Å². The van der Waals surface area contributed by atoms with Gasteiger partial charge in [0.2, 0.25) is 0 Å². The van der Waals surface area contributed by atoms with Crippen molar-refractivity contribution in [2.75, 3.05) is 13.2 Å². The highest BCUT2D eigenvalue weighted by atomic mass is 28.3. The molecule has 1 aliphatic rings. The molecule has 58 valence electrons. The van der Waals surface area contributed by atoms with Crippen molar-refractivity contribution in [1.29, 1.82) is 0 Å². The second kappa shape index (κ2) is 2.27. The van der Waals surface area contributed by atoms with Crippen LogP contribution in [0.4, 0.5) is 4.79 Å². The third kappa shape index (κ3) is 1.31. The molecule has 0 spiro atoms. The largest absolute Gasteiger partial charge is 0.448 e. The maximum Gasteiger partial charge on any atom is 0.401 e. The van der Waals surface area contributed by atoms with Gasteiger partial charge < -0.3 is 9.30 Å². The van der Waals surface area contributed by atoms with Crippen LogP contribution >= 0.6 is 0 Å². The van der Waals surface area contributed by atoms with Gasteiger partial charge in [0, 0.05) is 6.54 Å². The Morgan fingerprint density at radius 3 is 2.30 bits per heavy atom. The molecular formula is C6H13NO2Si. The first-order chi connectivity index (χ1) is 4.52. The molecule has 1 saturated heterocycles. The molecule has 0 unspecified atom stereocenters. The molecular weight excluding hydrogens is 146 g/mol. The molecule has 1 fully saturated rings. The summed E-state index contributed by atoms with van der Waals surface area (Å²) >= 11 is 0. The van der Waals surface area contributed by atoms with E-state index in [1.807, 2.05) is 4.57 Å². The second-order valence-corrected chi connectivity index (χ2v) is 8.32. The minimum absolute atomic E-state index is 0.126. The molecule has 0 aromatic rings. The van der Waals surface area contributed by atoms with Crippen molar-refractivity contribution < 1.29 is 9.53 Å². The lowest BCUT2D eigenvalue weighted by Crippen LogP contribution is -2.46. The normalized spacial score (nSPS) is 19.5. The molecule has 4 heteroatoms. The maximum atomic E-state index is 11.0. The van der Waals surface area contributed by atoms with E-state index in [9.17, 15) is 4.79 Å². The van der Waals surface area contributed by atoms with E-state index in [1.54, 1.807) is 0 Å². The molecule has 0 bridgehead atoms. The predicted octanol–water partition coefficient (Wildman–Crippen LogP) is 1.27. The molecule has 1 rings (SSSR count). The second-order valence-electron chi connectivity index (χ2n) is 3.44. The van der Waals surface area contributed by atoms with Gasteiger partial charge >= 0.3 is 6.09 Å². The summed E-state index contributed by atoms with van der Waals surface area (Å²) < 4.78 is 6.68. The number of amides is 1. The van der Waals surface area contributed by atoms with E-state index >= 15 is 0 Å². The molecule has 0 aromatic carbocycles. The van der Waals surface area contributed by atoms with E-state index in [1.165, 1.54) is 0 Å². The van der Waals surface area contributed by atoms with E-state index in [0.717, 1.165) is 6.54 Å². The van der Waals surface area contributed by atoms with Gasteiger partial charge in [-0.05, 0) is 0 Å². The molecule has 1 heterocycles. The summed E-state index contributed by atoms with van der Waals surface area (Å²) in [4.78, 5) is 11.0. The average molecular weight is 159 g/mol. The molecule has 0 aliphatic carbocycles. The van der Waals surface area contributed by atoms with Gasteiger partial charge in [-0.25, -0.2) is 4.79 Å². The van der Waals surface area contributed by atoms with Crippen molar-refractivity contribution in [1.82, 2.24) is 4.57 Å². The van der Waals surface area contributed by atoms with Gasteiger partial charge in [0.1, 0.15) is 6.61 Å². The molecule has 0 aromatic heterocycles. The Morgan fingerprint density at radius 1 is 1.50 bits per heavy atom. The third-order valence-corrected chi connectivity index (χ3v) is 3.60. The summed E-state index contributed by atoms with van der Waals surface area (Å²) in [6, 6.07) is 0. The topological polar surface area (TPSA) is 29.5 Å². The van der Waals surface area contributed by atoms with Crippen LogP contribution in [0.15, 0.2) is 0 Å². The van der Waals surface area contributed by atoms with Crippen molar-refractivity contribution in [2.24, 2.45) is 0 Å². The van der Waals surface area contributed by atoms with Crippen LogP contribution < -0.4 is 0 Å². The highest BCUT2D eigenvalue weighted by Gasteiger charge is 2.33. The zero-order valence-corrected chi connectivity index (χ0v) is 7.68. The van der Waals surface area contributed by atoms with E-state index in [0.29, 0.717) is 6.61 Å². The van der Waals surface area contributed by atoms with Gasteiger partial charge in [-0.3, -0.25) is 0 Å². The number of hydrogen-bond acceptors (Lipinski definition) is 2. The Bertz CT molecular complexity index is 152. The molecule has 1 amide bonds. The fraction of sp³-hybridized carbons (Fsp3) is 0.833. The lowest BCUT2D eigenvalue weighted by Gasteiger charge is -2.26. The Kier molecular flexibility index (Phi) is 1.72. The summed E-state index contributed by atoms with van der Waals surface area (Å²) in [5, 5.41) is 0. The molecule has 1 aliphatic heterocycles. The van der Waals surface area contributed by atoms with Gasteiger partial charge in [-0.1, -0.05) is 19.6 Å². The summed E-state index contributed by atoms with van der Waals surface area (Å²) in [5.41, 5.74) is 0. The zero-order valence-electron chi connectivity index (χ0n) is 6.68. The Hall–Kier alpha value is -0.513. The molecule has 0 radical (unpaired) electrons. The fourth-order valence-corrected chi connectivity index (χ4v) is 2.38. The van der Waals surface area contributed by atoms with Gasteiger partial charge in [0.15, 0.2) is 8.24 Å². The van der Waals surface area contributed by atoms with Gasteiger partial charge in [0.25, 0.3) is 0 Å². The van der Waals surface area contributed by atoms with Crippen molar-refractivity contribution in [3.8, 4) is 0 Å². The SMILES string of the molecule is C[Si](C)(C)N1CCOC1=O. The molecule has 0 N–H and O–H groups in total. The first-order valence-corrected chi connectivity index (χ1v) is 6.91. The van der Waals surface area contributed by atoms with Crippen LogP contribution in [0.1, 0.15) is 0 Å². The minimum atomic E-state index is -1.43. The van der Waals surface area contributed by atoms with Gasteiger partial charge in [-0.15, -0.1) is 0 Å². The van der Waals surface area contributed by atoms with Gasteiger partial charge in [0.05, 0.1) is 0 Å². The van der Waals surface area contributed by atoms with Gasteiger partial charge in [-0.2, -0.15) is 0 Å². The van der Waals surface area contributed by atoms with Crippen LogP contribution in [0.2, 0.25) is 19.6 Å². The number of carbonyl (C=O) groups excluding carboxylic acids is 1. The average Bonchev–Trinajstić information content (AvgIpc) is 2.11. The number of ether oxygens (including phenoxy) is 1. The third-order valence-electron chi connectivity index (χ3n) is 1.57. The Balaban J connectivity index is 2.64. The Morgan fingerprint density at radius 2 is 2.10 bits per heavy atom. The molecule has 10 heavy (non-hydrogen) atoms. The predicted molar refractivity (Wildman–Crippen MR) is 41.4 cm³/mol. The van der Waals surface area contributed by atoms with Crippen LogP contribution in [0.3, 0.4) is 0 Å².